The highest BCUT2D eigenvalue weighted by molar-refractivity contribution is 5.40. The third-order valence-electron chi connectivity index (χ3n) is 2.80. The Balaban J connectivity index is 2.21. The zero-order chi connectivity index (χ0) is 9.54. The van der Waals surface area contributed by atoms with Gasteiger partial charge in [-0.1, -0.05) is 6.42 Å². The van der Waals surface area contributed by atoms with Crippen molar-refractivity contribution < 1.29 is 0 Å². The zero-order valence-corrected chi connectivity index (χ0v) is 7.60. The highest BCUT2D eigenvalue weighted by Gasteiger charge is 2.22. The first-order valence-electron chi connectivity index (χ1n) is 4.77. The second kappa shape index (κ2) is 2.67. The molecular formula is C9H10N4O. The van der Waals surface area contributed by atoms with Crippen LogP contribution in [0.4, 0.5) is 0 Å². The molecule has 2 heterocycles. The number of rotatable bonds is 1. The summed E-state index contributed by atoms with van der Waals surface area (Å²) < 4.78 is 1.55. The summed E-state index contributed by atoms with van der Waals surface area (Å²) >= 11 is 0. The second-order valence-corrected chi connectivity index (χ2v) is 3.69. The largest absolute Gasteiger partial charge is 0.307 e. The van der Waals surface area contributed by atoms with Crippen LogP contribution in [0.15, 0.2) is 17.3 Å². The number of aromatic nitrogens is 4. The molecule has 2 aromatic rings. The maximum absolute atomic E-state index is 11.5. The first kappa shape index (κ1) is 7.73. The first-order valence-corrected chi connectivity index (χ1v) is 4.77. The van der Waals surface area contributed by atoms with Gasteiger partial charge in [0.05, 0.1) is 6.20 Å². The van der Waals surface area contributed by atoms with E-state index in [4.69, 9.17) is 0 Å². The van der Waals surface area contributed by atoms with E-state index >= 15 is 0 Å². The van der Waals surface area contributed by atoms with E-state index in [0.29, 0.717) is 11.4 Å². The SMILES string of the molecule is O=c1[nH]c(C2CCC2)nn2cncc12. The van der Waals surface area contributed by atoms with Gasteiger partial charge in [-0.2, -0.15) is 5.10 Å². The molecule has 14 heavy (non-hydrogen) atoms. The van der Waals surface area contributed by atoms with Gasteiger partial charge in [0.2, 0.25) is 0 Å². The molecule has 0 unspecified atom stereocenters. The fourth-order valence-electron chi connectivity index (χ4n) is 1.72. The lowest BCUT2D eigenvalue weighted by Gasteiger charge is -2.23. The predicted molar refractivity (Wildman–Crippen MR) is 50.2 cm³/mol. The van der Waals surface area contributed by atoms with Gasteiger partial charge in [-0.15, -0.1) is 0 Å². The van der Waals surface area contributed by atoms with Gasteiger partial charge < -0.3 is 4.98 Å². The smallest absolute Gasteiger partial charge is 0.276 e. The molecule has 0 spiro atoms. The van der Waals surface area contributed by atoms with E-state index in [-0.39, 0.29) is 5.56 Å². The van der Waals surface area contributed by atoms with Crippen LogP contribution in [-0.2, 0) is 0 Å². The quantitative estimate of drug-likeness (QED) is 0.719. The Labute approximate surface area is 79.8 Å². The summed E-state index contributed by atoms with van der Waals surface area (Å²) in [4.78, 5) is 18.2. The molecular weight excluding hydrogens is 180 g/mol. The van der Waals surface area contributed by atoms with E-state index in [1.165, 1.54) is 12.6 Å². The molecule has 1 aliphatic rings. The summed E-state index contributed by atoms with van der Waals surface area (Å²) in [5, 5.41) is 4.32. The molecule has 0 atom stereocenters. The molecule has 0 bridgehead atoms. The number of nitrogens with one attached hydrogen (secondary N) is 1. The van der Waals surface area contributed by atoms with E-state index in [2.05, 4.69) is 15.1 Å². The minimum absolute atomic E-state index is 0.0978. The molecule has 2 aromatic heterocycles. The number of hydrogen-bond acceptors (Lipinski definition) is 3. The summed E-state index contributed by atoms with van der Waals surface area (Å²) in [5.41, 5.74) is 0.410. The minimum Gasteiger partial charge on any atom is -0.307 e. The van der Waals surface area contributed by atoms with Crippen LogP contribution < -0.4 is 5.56 Å². The monoisotopic (exact) mass is 190 g/mol. The molecule has 1 N–H and O–H groups in total. The second-order valence-electron chi connectivity index (χ2n) is 3.69. The van der Waals surface area contributed by atoms with Crippen LogP contribution in [-0.4, -0.2) is 19.6 Å². The summed E-state index contributed by atoms with van der Waals surface area (Å²) in [6, 6.07) is 0. The van der Waals surface area contributed by atoms with Crippen molar-refractivity contribution in [2.45, 2.75) is 25.2 Å². The van der Waals surface area contributed by atoms with Gasteiger partial charge in [0.1, 0.15) is 17.7 Å². The van der Waals surface area contributed by atoms with Crippen molar-refractivity contribution in [3.05, 3.63) is 28.7 Å². The summed E-state index contributed by atoms with van der Waals surface area (Å²) in [6.07, 6.45) is 6.58. The van der Waals surface area contributed by atoms with Crippen LogP contribution in [0.5, 0.6) is 0 Å². The molecule has 0 radical (unpaired) electrons. The van der Waals surface area contributed by atoms with Gasteiger partial charge >= 0.3 is 0 Å². The van der Waals surface area contributed by atoms with E-state index < -0.39 is 0 Å². The van der Waals surface area contributed by atoms with Gasteiger partial charge in [0.25, 0.3) is 5.56 Å². The lowest BCUT2D eigenvalue weighted by molar-refractivity contribution is 0.395. The lowest BCUT2D eigenvalue weighted by Crippen LogP contribution is -2.21. The average molecular weight is 190 g/mol. The van der Waals surface area contributed by atoms with Gasteiger partial charge in [-0.3, -0.25) is 4.79 Å². The predicted octanol–water partition coefficient (Wildman–Crippen LogP) is 0.685. The number of imidazole rings is 1. The Morgan fingerprint density at radius 1 is 1.50 bits per heavy atom. The minimum atomic E-state index is -0.0978. The van der Waals surface area contributed by atoms with Crippen LogP contribution >= 0.6 is 0 Å². The van der Waals surface area contributed by atoms with Crippen molar-refractivity contribution in [3.63, 3.8) is 0 Å². The Morgan fingerprint density at radius 3 is 3.07 bits per heavy atom. The van der Waals surface area contributed by atoms with Crippen molar-refractivity contribution in [1.29, 1.82) is 0 Å². The van der Waals surface area contributed by atoms with Crippen molar-refractivity contribution in [3.8, 4) is 0 Å². The molecule has 1 aliphatic carbocycles. The van der Waals surface area contributed by atoms with Crippen LogP contribution in [0.2, 0.25) is 0 Å². The van der Waals surface area contributed by atoms with Crippen molar-refractivity contribution in [2.24, 2.45) is 0 Å². The molecule has 5 nitrogen and oxygen atoms in total. The molecule has 0 saturated heterocycles. The van der Waals surface area contributed by atoms with Gasteiger partial charge in [-0.25, -0.2) is 9.50 Å². The molecule has 1 fully saturated rings. The van der Waals surface area contributed by atoms with Crippen LogP contribution in [0.1, 0.15) is 31.0 Å². The average Bonchev–Trinajstić information content (AvgIpc) is 2.48. The summed E-state index contributed by atoms with van der Waals surface area (Å²) in [7, 11) is 0. The highest BCUT2D eigenvalue weighted by Crippen LogP contribution is 2.33. The third-order valence-corrected chi connectivity index (χ3v) is 2.80. The Morgan fingerprint density at radius 2 is 2.36 bits per heavy atom. The molecule has 0 aromatic carbocycles. The summed E-state index contributed by atoms with van der Waals surface area (Å²) in [5.74, 6) is 1.24. The molecule has 5 heteroatoms. The van der Waals surface area contributed by atoms with Crippen molar-refractivity contribution in [1.82, 2.24) is 19.6 Å². The van der Waals surface area contributed by atoms with E-state index in [1.807, 2.05) is 0 Å². The van der Waals surface area contributed by atoms with Crippen molar-refractivity contribution >= 4 is 5.52 Å². The number of H-pyrrole nitrogens is 1. The molecule has 1 saturated carbocycles. The normalized spacial score (nSPS) is 17.1. The van der Waals surface area contributed by atoms with Crippen LogP contribution in [0.3, 0.4) is 0 Å². The van der Waals surface area contributed by atoms with Crippen molar-refractivity contribution in [2.75, 3.05) is 0 Å². The Hall–Kier alpha value is -1.65. The maximum Gasteiger partial charge on any atom is 0.276 e. The highest BCUT2D eigenvalue weighted by atomic mass is 16.1. The van der Waals surface area contributed by atoms with Crippen LogP contribution in [0, 0.1) is 0 Å². The summed E-state index contributed by atoms with van der Waals surface area (Å²) in [6.45, 7) is 0. The van der Waals surface area contributed by atoms with Gasteiger partial charge in [0.15, 0.2) is 0 Å². The lowest BCUT2D eigenvalue weighted by atomic mass is 9.85. The van der Waals surface area contributed by atoms with Crippen LogP contribution in [0.25, 0.3) is 5.52 Å². The third kappa shape index (κ3) is 0.982. The Bertz CT molecular complexity index is 523. The molecule has 72 valence electrons. The zero-order valence-electron chi connectivity index (χ0n) is 7.60. The van der Waals surface area contributed by atoms with Gasteiger partial charge in [0, 0.05) is 5.92 Å². The Kier molecular flexibility index (Phi) is 1.47. The fraction of sp³-hybridized carbons (Fsp3) is 0.444. The molecule has 3 rings (SSSR count). The van der Waals surface area contributed by atoms with E-state index in [9.17, 15) is 4.79 Å². The topological polar surface area (TPSA) is 63.0 Å². The maximum atomic E-state index is 11.5. The first-order chi connectivity index (χ1) is 6.84. The van der Waals surface area contributed by atoms with E-state index in [1.54, 1.807) is 10.8 Å². The molecule has 0 aliphatic heterocycles. The standard InChI is InChI=1S/C9H10N4O/c14-9-7-4-10-5-13(7)12-8(11-9)6-2-1-3-6/h4-6H,1-3H2,(H,11,12,14). The number of hydrogen-bond donors (Lipinski definition) is 1. The van der Waals surface area contributed by atoms with E-state index in [0.717, 1.165) is 18.7 Å². The number of aromatic amines is 1. The van der Waals surface area contributed by atoms with Gasteiger partial charge in [-0.05, 0) is 12.8 Å². The number of nitrogens with zero attached hydrogens (tertiary/aromatic N) is 3. The fourth-order valence-corrected chi connectivity index (χ4v) is 1.72. The number of fused-ring (bicyclic) bond motifs is 1. The molecule has 0 amide bonds.